The van der Waals surface area contributed by atoms with E-state index in [0.717, 1.165) is 6.92 Å². The molecule has 0 fully saturated rings. The van der Waals surface area contributed by atoms with Crippen molar-refractivity contribution >= 4 is 10.4 Å². The smallest absolute Gasteiger partial charge is 0.725 e. The van der Waals surface area contributed by atoms with Crippen LogP contribution in [-0.2, 0) is 19.3 Å². The number of rotatable bonds is 4. The van der Waals surface area contributed by atoms with Crippen molar-refractivity contribution in [3.05, 3.63) is 0 Å². The van der Waals surface area contributed by atoms with Crippen LogP contribution in [0.3, 0.4) is 0 Å². The first-order valence-electron chi connectivity index (χ1n) is 2.27. The molecule has 0 saturated heterocycles. The van der Waals surface area contributed by atoms with E-state index in [-0.39, 0.29) is 18.9 Å². The number of alkyl halides is 1. The summed E-state index contributed by atoms with van der Waals surface area (Å²) in [5.41, 5.74) is 0. The van der Waals surface area contributed by atoms with Crippen molar-refractivity contribution < 1.29 is 45.1 Å². The fourth-order valence-corrected chi connectivity index (χ4v) is 0.670. The van der Waals surface area contributed by atoms with Gasteiger partial charge < -0.3 is 9.29 Å². The molecule has 62 valence electrons. The minimum atomic E-state index is -4.79. The molecule has 0 radical (unpaired) electrons. The summed E-state index contributed by atoms with van der Waals surface area (Å²) in [6.45, 7) is -0.105. The Hall–Kier alpha value is 0.357. The maximum absolute atomic E-state index is 11.2. The zero-order valence-corrected chi connectivity index (χ0v) is 6.93. The third kappa shape index (κ3) is 10.4. The molecule has 0 aliphatic rings. The van der Waals surface area contributed by atoms with Gasteiger partial charge in [0, 0.05) is 0 Å². The molecule has 0 N–H and O–H groups in total. The first-order chi connectivity index (χ1) is 4.45. The molecule has 8 heteroatoms. The van der Waals surface area contributed by atoms with Gasteiger partial charge in [-0.1, -0.05) is 0 Å². The van der Waals surface area contributed by atoms with Crippen molar-refractivity contribution in [3.8, 4) is 0 Å². The Morgan fingerprint density at radius 1 is 1.64 bits per heavy atom. The van der Waals surface area contributed by atoms with Crippen LogP contribution in [0.1, 0.15) is 6.92 Å². The molecule has 0 bridgehead atoms. The first kappa shape index (κ1) is 13.9. The predicted octanol–water partition coefficient (Wildman–Crippen LogP) is -3.24. The van der Waals surface area contributed by atoms with Crippen LogP contribution in [0.4, 0.5) is 4.39 Å². The number of halogens is 1. The molecular weight excluding hydrogens is 174 g/mol. The van der Waals surface area contributed by atoms with Crippen LogP contribution in [-0.4, -0.2) is 26.1 Å². The number of hydrogen-bond donors (Lipinski definition) is 0. The van der Waals surface area contributed by atoms with E-state index in [4.69, 9.17) is 0 Å². The topological polar surface area (TPSA) is 75.7 Å². The van der Waals surface area contributed by atoms with Gasteiger partial charge in [0.05, 0.1) is 0 Å². The maximum atomic E-state index is 11.2. The second-order valence-electron chi connectivity index (χ2n) is 1.35. The summed E-state index contributed by atoms with van der Waals surface area (Å²) in [6.07, 6.45) is -1.37. The Morgan fingerprint density at radius 3 is 2.36 bits per heavy atom. The summed E-state index contributed by atoms with van der Waals surface area (Å²) in [5.74, 6) is 0. The van der Waals surface area contributed by atoms with Gasteiger partial charge in [-0.05, 0) is 6.92 Å². The second-order valence-corrected chi connectivity index (χ2v) is 2.36. The molecular formula is C3H6FLiO5S. The summed E-state index contributed by atoms with van der Waals surface area (Å²) >= 11 is 0. The minimum absolute atomic E-state index is 0. The van der Waals surface area contributed by atoms with Crippen LogP contribution >= 0.6 is 0 Å². The standard InChI is InChI=1S/C3H7FO5S.Li/c1-3(8-2-4)9-10(5,6)7;/h3H,2H2,1H3,(H,5,6,7);/q;+1/p-1. The van der Waals surface area contributed by atoms with Crippen molar-refractivity contribution in [2.75, 3.05) is 6.86 Å². The van der Waals surface area contributed by atoms with Gasteiger partial charge in [-0.15, -0.1) is 0 Å². The zero-order valence-electron chi connectivity index (χ0n) is 6.11. The Balaban J connectivity index is 0. The minimum Gasteiger partial charge on any atom is -0.725 e. The summed E-state index contributed by atoms with van der Waals surface area (Å²) in [7, 11) is -4.79. The molecule has 5 nitrogen and oxygen atoms in total. The normalized spacial score (nSPS) is 13.7. The molecule has 0 amide bonds. The van der Waals surface area contributed by atoms with E-state index in [2.05, 4.69) is 8.92 Å². The van der Waals surface area contributed by atoms with E-state index < -0.39 is 23.5 Å². The molecule has 11 heavy (non-hydrogen) atoms. The van der Waals surface area contributed by atoms with Crippen molar-refractivity contribution in [2.24, 2.45) is 0 Å². The van der Waals surface area contributed by atoms with Crippen LogP contribution in [0.25, 0.3) is 0 Å². The number of ether oxygens (including phenoxy) is 1. The fourth-order valence-electron chi connectivity index (χ4n) is 0.282. The molecule has 0 aromatic heterocycles. The van der Waals surface area contributed by atoms with E-state index in [0.29, 0.717) is 0 Å². The zero-order chi connectivity index (χ0) is 8.20. The van der Waals surface area contributed by atoms with Crippen molar-refractivity contribution in [1.29, 1.82) is 0 Å². The van der Waals surface area contributed by atoms with Gasteiger partial charge in [-0.2, -0.15) is 0 Å². The van der Waals surface area contributed by atoms with Crippen molar-refractivity contribution in [1.82, 2.24) is 0 Å². The van der Waals surface area contributed by atoms with Gasteiger partial charge in [0.15, 0.2) is 13.2 Å². The average Bonchev–Trinajstić information content (AvgIpc) is 1.59. The van der Waals surface area contributed by atoms with Crippen LogP contribution in [0.15, 0.2) is 0 Å². The average molecular weight is 180 g/mol. The van der Waals surface area contributed by atoms with E-state index >= 15 is 0 Å². The summed E-state index contributed by atoms with van der Waals surface area (Å²) in [6, 6.07) is 0. The van der Waals surface area contributed by atoms with Gasteiger partial charge in [0.2, 0.25) is 10.4 Å². The molecule has 1 atom stereocenters. The summed E-state index contributed by atoms with van der Waals surface area (Å²) in [4.78, 5) is 0. The molecule has 0 heterocycles. The number of hydrogen-bond acceptors (Lipinski definition) is 5. The van der Waals surface area contributed by atoms with E-state index in [1.807, 2.05) is 0 Å². The quantitative estimate of drug-likeness (QED) is 0.196. The largest absolute Gasteiger partial charge is 1.00 e. The van der Waals surface area contributed by atoms with Gasteiger partial charge in [-0.3, -0.25) is 0 Å². The van der Waals surface area contributed by atoms with E-state index in [1.54, 1.807) is 0 Å². The van der Waals surface area contributed by atoms with Crippen LogP contribution in [0.2, 0.25) is 0 Å². The SMILES string of the molecule is CC(OCF)OS(=O)(=O)[O-].[Li+]. The Labute approximate surface area is 76.0 Å². The van der Waals surface area contributed by atoms with E-state index in [1.165, 1.54) is 0 Å². The third-order valence-electron chi connectivity index (χ3n) is 0.551. The first-order valence-corrected chi connectivity index (χ1v) is 3.60. The predicted molar refractivity (Wildman–Crippen MR) is 27.3 cm³/mol. The van der Waals surface area contributed by atoms with Crippen LogP contribution in [0, 0.1) is 0 Å². The molecule has 0 aromatic rings. The summed E-state index contributed by atoms with van der Waals surface area (Å²) in [5, 5.41) is 0. The Morgan fingerprint density at radius 2 is 2.09 bits per heavy atom. The van der Waals surface area contributed by atoms with Crippen molar-refractivity contribution in [3.63, 3.8) is 0 Å². The third-order valence-corrected chi connectivity index (χ3v) is 1.06. The maximum Gasteiger partial charge on any atom is 1.00 e. The summed E-state index contributed by atoms with van der Waals surface area (Å²) < 4.78 is 48.0. The van der Waals surface area contributed by atoms with Crippen molar-refractivity contribution in [2.45, 2.75) is 13.2 Å². The second kappa shape index (κ2) is 5.94. The Bertz CT molecular complexity index is 180. The molecule has 0 rings (SSSR count). The molecule has 1 unspecified atom stereocenters. The Kier molecular flexibility index (Phi) is 7.51. The molecule has 0 saturated carbocycles. The molecule has 0 aromatic carbocycles. The fraction of sp³-hybridized carbons (Fsp3) is 1.00. The van der Waals surface area contributed by atoms with E-state index in [9.17, 15) is 17.4 Å². The molecule has 0 aliphatic carbocycles. The van der Waals surface area contributed by atoms with Crippen LogP contribution in [0.5, 0.6) is 0 Å². The van der Waals surface area contributed by atoms with Gasteiger partial charge in [0.1, 0.15) is 0 Å². The van der Waals surface area contributed by atoms with Gasteiger partial charge >= 0.3 is 18.9 Å². The molecule has 0 aliphatic heterocycles. The van der Waals surface area contributed by atoms with Gasteiger partial charge in [-0.25, -0.2) is 17.0 Å². The monoisotopic (exact) mass is 180 g/mol. The van der Waals surface area contributed by atoms with Gasteiger partial charge in [0.25, 0.3) is 0 Å². The van der Waals surface area contributed by atoms with Crippen LogP contribution < -0.4 is 18.9 Å². The molecule has 0 spiro atoms.